The van der Waals surface area contributed by atoms with Crippen molar-refractivity contribution in [2.24, 2.45) is 5.92 Å². The van der Waals surface area contributed by atoms with Crippen LogP contribution in [0.5, 0.6) is 0 Å². The lowest BCUT2D eigenvalue weighted by Crippen LogP contribution is -2.61. The van der Waals surface area contributed by atoms with Crippen molar-refractivity contribution in [2.75, 3.05) is 26.2 Å². The van der Waals surface area contributed by atoms with Crippen LogP contribution in [0.3, 0.4) is 0 Å². The number of hydrogen-bond donors (Lipinski definition) is 0. The summed E-state index contributed by atoms with van der Waals surface area (Å²) in [7, 11) is -3.36. The second-order valence-electron chi connectivity index (χ2n) is 7.42. The number of amides is 1. The number of hydrogen-bond acceptors (Lipinski definition) is 5. The summed E-state index contributed by atoms with van der Waals surface area (Å²) in [4.78, 5) is 18.1. The van der Waals surface area contributed by atoms with Crippen LogP contribution >= 0.6 is 0 Å². The van der Waals surface area contributed by atoms with Crippen molar-refractivity contribution < 1.29 is 13.2 Å². The Bertz CT molecular complexity index is 708. The summed E-state index contributed by atoms with van der Waals surface area (Å²) < 4.78 is 29.2. The summed E-state index contributed by atoms with van der Waals surface area (Å²) in [6.07, 6.45) is 9.00. The highest BCUT2D eigenvalue weighted by atomic mass is 32.2. The third kappa shape index (κ3) is 3.19. The molecule has 138 valence electrons. The molecule has 8 nitrogen and oxygen atoms in total. The average molecular weight is 367 g/mol. The highest BCUT2D eigenvalue weighted by Crippen LogP contribution is 2.31. The summed E-state index contributed by atoms with van der Waals surface area (Å²) in [5, 5.41) is 3.69. The van der Waals surface area contributed by atoms with Crippen LogP contribution in [-0.4, -0.2) is 69.7 Å². The van der Waals surface area contributed by atoms with E-state index in [9.17, 15) is 13.2 Å². The molecule has 25 heavy (non-hydrogen) atoms. The van der Waals surface area contributed by atoms with Crippen molar-refractivity contribution in [3.8, 4) is 0 Å². The largest absolute Gasteiger partial charge is 0.340 e. The average Bonchev–Trinajstić information content (AvgIpc) is 3.27. The van der Waals surface area contributed by atoms with E-state index >= 15 is 0 Å². The second-order valence-corrected chi connectivity index (χ2v) is 9.63. The van der Waals surface area contributed by atoms with Gasteiger partial charge < -0.3 is 4.90 Å². The summed E-state index contributed by atoms with van der Waals surface area (Å²) >= 11 is 0. The Labute approximate surface area is 148 Å². The van der Waals surface area contributed by atoms with Crippen LogP contribution in [0, 0.1) is 5.92 Å². The fourth-order valence-electron chi connectivity index (χ4n) is 4.22. The first-order chi connectivity index (χ1) is 12.1. The Morgan fingerprint density at radius 3 is 2.48 bits per heavy atom. The molecule has 0 N–H and O–H groups in total. The van der Waals surface area contributed by atoms with E-state index in [0.29, 0.717) is 26.2 Å². The van der Waals surface area contributed by atoms with Crippen molar-refractivity contribution in [3.05, 3.63) is 12.7 Å². The number of nitrogens with zero attached hydrogens (tertiary/aromatic N) is 5. The Hall–Kier alpha value is -1.48. The van der Waals surface area contributed by atoms with Crippen molar-refractivity contribution >= 4 is 15.9 Å². The third-order valence-electron chi connectivity index (χ3n) is 5.82. The van der Waals surface area contributed by atoms with Crippen molar-refractivity contribution in [3.63, 3.8) is 0 Å². The van der Waals surface area contributed by atoms with E-state index in [2.05, 4.69) is 10.1 Å². The molecular weight excluding hydrogens is 342 g/mol. The first kappa shape index (κ1) is 17.0. The fraction of sp³-hybridized carbons (Fsp3) is 0.812. The van der Waals surface area contributed by atoms with Gasteiger partial charge in [-0.25, -0.2) is 18.1 Å². The molecular formula is C16H25N5O3S. The van der Waals surface area contributed by atoms with Crippen LogP contribution < -0.4 is 0 Å². The van der Waals surface area contributed by atoms with Crippen molar-refractivity contribution in [2.45, 2.75) is 49.8 Å². The first-order valence-corrected chi connectivity index (χ1v) is 10.7. The van der Waals surface area contributed by atoms with E-state index in [0.717, 1.165) is 38.5 Å². The molecule has 4 rings (SSSR count). The van der Waals surface area contributed by atoms with Gasteiger partial charge in [0.25, 0.3) is 0 Å². The number of carbonyl (C=O) groups excluding carboxylic acids is 1. The predicted octanol–water partition coefficient (Wildman–Crippen LogP) is 0.646. The minimum Gasteiger partial charge on any atom is -0.340 e. The minimum absolute atomic E-state index is 0.0438. The van der Waals surface area contributed by atoms with Gasteiger partial charge in [0.15, 0.2) is 0 Å². The third-order valence-corrected chi connectivity index (χ3v) is 8.01. The molecule has 0 radical (unpaired) electrons. The van der Waals surface area contributed by atoms with E-state index < -0.39 is 15.3 Å². The standard InChI is InChI=1S/C16H25N5O3S/c22-16(13-4-1-2-5-13)19-9-15(10-19)25(23,24)20-7-3-6-14(8-20)21-12-17-11-18-21/h11-15H,1-10H2/t14-/m0/s1. The van der Waals surface area contributed by atoms with Crippen LogP contribution in [0.1, 0.15) is 44.6 Å². The van der Waals surface area contributed by atoms with E-state index in [4.69, 9.17) is 0 Å². The van der Waals surface area contributed by atoms with E-state index in [1.54, 1.807) is 20.2 Å². The number of carbonyl (C=O) groups is 1. The molecule has 1 amide bonds. The van der Waals surface area contributed by atoms with Gasteiger partial charge in [-0.15, -0.1) is 0 Å². The fourth-order valence-corrected chi connectivity index (χ4v) is 6.14. The SMILES string of the molecule is O=C(C1CCCC1)N1CC(S(=O)(=O)N2CCC[C@H](n3cncn3)C2)C1. The number of sulfonamides is 1. The summed E-state index contributed by atoms with van der Waals surface area (Å²) in [6, 6.07) is 0.0438. The molecule has 9 heteroatoms. The van der Waals surface area contributed by atoms with Crippen LogP contribution in [-0.2, 0) is 14.8 Å². The molecule has 3 aliphatic rings. The van der Waals surface area contributed by atoms with Gasteiger partial charge >= 0.3 is 0 Å². The van der Waals surface area contributed by atoms with E-state index in [1.165, 1.54) is 6.33 Å². The highest BCUT2D eigenvalue weighted by Gasteiger charge is 2.45. The number of aromatic nitrogens is 3. The molecule has 1 saturated carbocycles. The maximum Gasteiger partial charge on any atom is 0.225 e. The van der Waals surface area contributed by atoms with Crippen LogP contribution in [0.2, 0.25) is 0 Å². The summed E-state index contributed by atoms with van der Waals surface area (Å²) in [5.41, 5.74) is 0. The zero-order valence-corrected chi connectivity index (χ0v) is 15.1. The van der Waals surface area contributed by atoms with E-state index in [-0.39, 0.29) is 17.9 Å². The van der Waals surface area contributed by atoms with Crippen LogP contribution in [0.4, 0.5) is 0 Å². The van der Waals surface area contributed by atoms with E-state index in [1.807, 2.05) is 0 Å². The van der Waals surface area contributed by atoms with Gasteiger partial charge in [-0.1, -0.05) is 12.8 Å². The lowest BCUT2D eigenvalue weighted by Gasteiger charge is -2.43. The van der Waals surface area contributed by atoms with Crippen LogP contribution in [0.15, 0.2) is 12.7 Å². The van der Waals surface area contributed by atoms with Crippen molar-refractivity contribution in [1.29, 1.82) is 0 Å². The lowest BCUT2D eigenvalue weighted by molar-refractivity contribution is -0.138. The molecule has 1 aromatic rings. The maximum atomic E-state index is 12.9. The summed E-state index contributed by atoms with van der Waals surface area (Å²) in [6.45, 7) is 1.70. The molecule has 0 unspecified atom stereocenters. The zero-order chi connectivity index (χ0) is 17.4. The maximum absolute atomic E-state index is 12.9. The first-order valence-electron chi connectivity index (χ1n) is 9.17. The molecule has 0 aromatic carbocycles. The number of piperidine rings is 1. The molecule has 3 heterocycles. The molecule has 1 atom stereocenters. The molecule has 1 aliphatic carbocycles. The minimum atomic E-state index is -3.36. The molecule has 1 aromatic heterocycles. The van der Waals surface area contributed by atoms with Gasteiger partial charge in [0.1, 0.15) is 17.9 Å². The molecule has 3 fully saturated rings. The van der Waals surface area contributed by atoms with Crippen molar-refractivity contribution in [1.82, 2.24) is 24.0 Å². The molecule has 2 saturated heterocycles. The smallest absolute Gasteiger partial charge is 0.225 e. The number of rotatable bonds is 4. The van der Waals surface area contributed by atoms with Gasteiger partial charge in [-0.05, 0) is 25.7 Å². The quantitative estimate of drug-likeness (QED) is 0.779. The Balaban J connectivity index is 1.36. The Morgan fingerprint density at radius 1 is 1.04 bits per heavy atom. The van der Waals surface area contributed by atoms with Gasteiger partial charge in [0, 0.05) is 32.1 Å². The van der Waals surface area contributed by atoms with Gasteiger partial charge in [0.2, 0.25) is 15.9 Å². The predicted molar refractivity (Wildman–Crippen MR) is 91.1 cm³/mol. The topological polar surface area (TPSA) is 88.4 Å². The van der Waals surface area contributed by atoms with Gasteiger partial charge in [-0.2, -0.15) is 9.40 Å². The molecule has 0 bridgehead atoms. The second kappa shape index (κ2) is 6.68. The monoisotopic (exact) mass is 367 g/mol. The zero-order valence-electron chi connectivity index (χ0n) is 14.3. The lowest BCUT2D eigenvalue weighted by atomic mass is 10.0. The van der Waals surface area contributed by atoms with Gasteiger partial charge in [-0.3, -0.25) is 4.79 Å². The highest BCUT2D eigenvalue weighted by molar-refractivity contribution is 7.89. The normalized spacial score (nSPS) is 26.7. The van der Waals surface area contributed by atoms with Gasteiger partial charge in [0.05, 0.1) is 6.04 Å². The Kier molecular flexibility index (Phi) is 4.53. The summed E-state index contributed by atoms with van der Waals surface area (Å²) in [5.74, 6) is 0.276. The van der Waals surface area contributed by atoms with Crippen LogP contribution in [0.25, 0.3) is 0 Å². The Morgan fingerprint density at radius 2 is 1.80 bits per heavy atom. The molecule has 2 aliphatic heterocycles. The molecule has 0 spiro atoms. The number of likely N-dealkylation sites (tertiary alicyclic amines) is 1.